The zero-order chi connectivity index (χ0) is 10.4. The third-order valence-electron chi connectivity index (χ3n) is 1.63. The number of rotatable bonds is 4. The molecular formula is C9H12N2O2S. The number of nitrogens with two attached hydrogens (primary N) is 1. The first-order valence-corrected chi connectivity index (χ1v) is 5.23. The fourth-order valence-corrected chi connectivity index (χ4v) is 1.73. The molecule has 1 aromatic rings. The van der Waals surface area contributed by atoms with Crippen molar-refractivity contribution in [3.8, 4) is 0 Å². The molecule has 0 unspecified atom stereocenters. The lowest BCUT2D eigenvalue weighted by atomic mass is 10.3. The molecule has 0 atom stereocenters. The van der Waals surface area contributed by atoms with Crippen LogP contribution < -0.4 is 5.73 Å². The summed E-state index contributed by atoms with van der Waals surface area (Å²) in [6.45, 7) is 0. The van der Waals surface area contributed by atoms with Crippen LogP contribution in [0.2, 0.25) is 0 Å². The molecule has 4 nitrogen and oxygen atoms in total. The van der Waals surface area contributed by atoms with E-state index in [0.717, 1.165) is 5.56 Å². The smallest absolute Gasteiger partial charge is 0.315 e. The van der Waals surface area contributed by atoms with Crippen LogP contribution in [0.5, 0.6) is 0 Å². The maximum absolute atomic E-state index is 10.8. The minimum Gasteiger partial charge on any atom is -0.468 e. The van der Waals surface area contributed by atoms with E-state index in [4.69, 9.17) is 5.73 Å². The van der Waals surface area contributed by atoms with Crippen molar-refractivity contribution >= 4 is 23.5 Å². The minimum absolute atomic E-state index is 0.225. The molecule has 0 fully saturated rings. The fraction of sp³-hybridized carbons (Fsp3) is 0.333. The molecule has 0 bridgehead atoms. The minimum atomic E-state index is -0.225. The highest BCUT2D eigenvalue weighted by atomic mass is 32.2. The van der Waals surface area contributed by atoms with Gasteiger partial charge in [0.1, 0.15) is 5.82 Å². The van der Waals surface area contributed by atoms with Crippen molar-refractivity contribution in [1.29, 1.82) is 0 Å². The first-order chi connectivity index (χ1) is 6.74. The Balaban J connectivity index is 2.39. The SMILES string of the molecule is COC(=O)CSCc1cccnc1N. The summed E-state index contributed by atoms with van der Waals surface area (Å²) < 4.78 is 4.51. The van der Waals surface area contributed by atoms with Gasteiger partial charge in [-0.25, -0.2) is 4.98 Å². The Morgan fingerprint density at radius 1 is 1.71 bits per heavy atom. The lowest BCUT2D eigenvalue weighted by Gasteiger charge is -2.02. The molecule has 0 aromatic carbocycles. The van der Waals surface area contributed by atoms with Gasteiger partial charge in [-0.2, -0.15) is 0 Å². The van der Waals surface area contributed by atoms with Crippen molar-refractivity contribution in [2.45, 2.75) is 5.75 Å². The number of carbonyl (C=O) groups is 1. The van der Waals surface area contributed by atoms with Crippen LogP contribution in [0, 0.1) is 0 Å². The van der Waals surface area contributed by atoms with Crippen molar-refractivity contribution in [1.82, 2.24) is 4.98 Å². The van der Waals surface area contributed by atoms with Gasteiger partial charge in [-0.1, -0.05) is 6.07 Å². The summed E-state index contributed by atoms with van der Waals surface area (Å²) in [6.07, 6.45) is 1.64. The molecule has 2 N–H and O–H groups in total. The summed E-state index contributed by atoms with van der Waals surface area (Å²) in [4.78, 5) is 14.7. The standard InChI is InChI=1S/C9H12N2O2S/c1-13-8(12)6-14-5-7-3-2-4-11-9(7)10/h2-4H,5-6H2,1H3,(H2,10,11). The van der Waals surface area contributed by atoms with E-state index in [9.17, 15) is 4.79 Å². The van der Waals surface area contributed by atoms with Crippen LogP contribution in [-0.4, -0.2) is 23.8 Å². The van der Waals surface area contributed by atoms with E-state index in [1.54, 1.807) is 6.20 Å². The number of esters is 1. The Hall–Kier alpha value is -1.23. The fourth-order valence-electron chi connectivity index (χ4n) is 0.876. The van der Waals surface area contributed by atoms with Crippen LogP contribution in [0.15, 0.2) is 18.3 Å². The predicted octanol–water partition coefficient (Wildman–Crippen LogP) is 1.07. The Morgan fingerprint density at radius 3 is 3.14 bits per heavy atom. The lowest BCUT2D eigenvalue weighted by Crippen LogP contribution is -2.04. The Labute approximate surface area is 86.8 Å². The van der Waals surface area contributed by atoms with E-state index < -0.39 is 0 Å². The number of anilines is 1. The number of nitrogen functional groups attached to an aromatic ring is 1. The quantitative estimate of drug-likeness (QED) is 0.756. The molecule has 0 aliphatic rings. The van der Waals surface area contributed by atoms with E-state index in [1.165, 1.54) is 18.9 Å². The predicted molar refractivity (Wildman–Crippen MR) is 56.8 cm³/mol. The van der Waals surface area contributed by atoms with Crippen molar-refractivity contribution < 1.29 is 9.53 Å². The van der Waals surface area contributed by atoms with Gasteiger partial charge in [-0.3, -0.25) is 4.79 Å². The van der Waals surface area contributed by atoms with Crippen molar-refractivity contribution in [2.75, 3.05) is 18.6 Å². The number of hydrogen-bond acceptors (Lipinski definition) is 5. The van der Waals surface area contributed by atoms with E-state index in [1.807, 2.05) is 12.1 Å². The molecule has 1 heterocycles. The summed E-state index contributed by atoms with van der Waals surface area (Å²) in [5.41, 5.74) is 6.58. The molecule has 76 valence electrons. The first kappa shape index (κ1) is 10.8. The zero-order valence-electron chi connectivity index (χ0n) is 7.90. The molecule has 5 heteroatoms. The normalized spacial score (nSPS) is 9.79. The monoisotopic (exact) mass is 212 g/mol. The zero-order valence-corrected chi connectivity index (χ0v) is 8.71. The van der Waals surface area contributed by atoms with Gasteiger partial charge in [-0.05, 0) is 6.07 Å². The molecular weight excluding hydrogens is 200 g/mol. The molecule has 0 aliphatic carbocycles. The molecule has 1 rings (SSSR count). The Bertz CT molecular complexity index is 317. The highest BCUT2D eigenvalue weighted by molar-refractivity contribution is 7.99. The largest absolute Gasteiger partial charge is 0.468 e. The molecule has 0 radical (unpaired) electrons. The van der Waals surface area contributed by atoms with E-state index in [2.05, 4.69) is 9.72 Å². The molecule has 0 amide bonds. The van der Waals surface area contributed by atoms with Gasteiger partial charge < -0.3 is 10.5 Å². The summed E-state index contributed by atoms with van der Waals surface area (Å²) in [5.74, 6) is 1.31. The van der Waals surface area contributed by atoms with E-state index in [-0.39, 0.29) is 5.97 Å². The van der Waals surface area contributed by atoms with Gasteiger partial charge >= 0.3 is 5.97 Å². The topological polar surface area (TPSA) is 65.2 Å². The molecule has 0 saturated heterocycles. The van der Waals surface area contributed by atoms with Gasteiger partial charge in [0, 0.05) is 17.5 Å². The number of nitrogens with zero attached hydrogens (tertiary/aromatic N) is 1. The number of aromatic nitrogens is 1. The second kappa shape index (κ2) is 5.49. The van der Waals surface area contributed by atoms with Gasteiger partial charge in [0.2, 0.25) is 0 Å². The number of carbonyl (C=O) groups excluding carboxylic acids is 1. The number of ether oxygens (including phenoxy) is 1. The van der Waals surface area contributed by atoms with Crippen LogP contribution in [0.4, 0.5) is 5.82 Å². The number of hydrogen-bond donors (Lipinski definition) is 1. The number of pyridine rings is 1. The van der Waals surface area contributed by atoms with Crippen molar-refractivity contribution in [2.24, 2.45) is 0 Å². The average molecular weight is 212 g/mol. The van der Waals surface area contributed by atoms with Crippen molar-refractivity contribution in [3.63, 3.8) is 0 Å². The second-order valence-corrected chi connectivity index (χ2v) is 3.60. The summed E-state index contributed by atoms with van der Waals surface area (Å²) in [6, 6.07) is 3.72. The summed E-state index contributed by atoms with van der Waals surface area (Å²) in [7, 11) is 1.38. The third-order valence-corrected chi connectivity index (χ3v) is 2.59. The Morgan fingerprint density at radius 2 is 2.50 bits per heavy atom. The maximum atomic E-state index is 10.8. The molecule has 1 aromatic heterocycles. The van der Waals surface area contributed by atoms with Gasteiger partial charge in [0.05, 0.1) is 12.9 Å². The number of thioether (sulfide) groups is 1. The summed E-state index contributed by atoms with van der Waals surface area (Å²) >= 11 is 1.46. The van der Waals surface area contributed by atoms with Crippen LogP contribution in [-0.2, 0) is 15.3 Å². The second-order valence-electron chi connectivity index (χ2n) is 2.62. The molecule has 0 saturated carbocycles. The van der Waals surface area contributed by atoms with Gasteiger partial charge in [0.25, 0.3) is 0 Å². The highest BCUT2D eigenvalue weighted by Gasteiger charge is 2.02. The van der Waals surface area contributed by atoms with Gasteiger partial charge in [0.15, 0.2) is 0 Å². The van der Waals surface area contributed by atoms with E-state index in [0.29, 0.717) is 17.3 Å². The molecule has 0 aliphatic heterocycles. The number of methoxy groups -OCH3 is 1. The van der Waals surface area contributed by atoms with Crippen LogP contribution in [0.3, 0.4) is 0 Å². The van der Waals surface area contributed by atoms with Crippen LogP contribution in [0.1, 0.15) is 5.56 Å². The van der Waals surface area contributed by atoms with Crippen LogP contribution >= 0.6 is 11.8 Å². The van der Waals surface area contributed by atoms with Crippen LogP contribution in [0.25, 0.3) is 0 Å². The lowest BCUT2D eigenvalue weighted by molar-refractivity contribution is -0.137. The third kappa shape index (κ3) is 3.26. The van der Waals surface area contributed by atoms with Gasteiger partial charge in [-0.15, -0.1) is 11.8 Å². The Kier molecular flexibility index (Phi) is 4.25. The maximum Gasteiger partial charge on any atom is 0.315 e. The first-order valence-electron chi connectivity index (χ1n) is 4.08. The molecule has 0 spiro atoms. The molecule has 14 heavy (non-hydrogen) atoms. The van der Waals surface area contributed by atoms with E-state index >= 15 is 0 Å². The highest BCUT2D eigenvalue weighted by Crippen LogP contribution is 2.15. The van der Waals surface area contributed by atoms with Crippen molar-refractivity contribution in [3.05, 3.63) is 23.9 Å². The summed E-state index contributed by atoms with van der Waals surface area (Å²) in [5, 5.41) is 0. The average Bonchev–Trinajstić information content (AvgIpc) is 2.20.